The Morgan fingerprint density at radius 3 is 1.98 bits per heavy atom. The maximum atomic E-state index is 16.4. The monoisotopic (exact) mass is 1860 g/mol. The molecule has 11 bridgehead atoms. The number of likely N-dealkylation sites (N-methyl/N-ethyl adjacent to an activating group) is 1. The van der Waals surface area contributed by atoms with Gasteiger partial charge in [0.2, 0.25) is 53.4 Å². The molecule has 8 aliphatic rings. The predicted molar refractivity (Wildman–Crippen MR) is 444 cm³/mol. The third kappa shape index (κ3) is 22.8. The van der Waals surface area contributed by atoms with E-state index < -0.39 is 284 Å². The van der Waals surface area contributed by atoms with Crippen LogP contribution in [0.1, 0.15) is 124 Å². The van der Waals surface area contributed by atoms with E-state index in [2.05, 4.69) is 52.6 Å². The third-order valence-corrected chi connectivity index (χ3v) is 23.2. The molecule has 8 aliphatic heterocycles. The maximum absolute atomic E-state index is 16.4. The van der Waals surface area contributed by atoms with Gasteiger partial charge in [-0.1, -0.05) is 55.2 Å². The third-order valence-electron chi connectivity index (χ3n) is 22.6. The molecule has 0 saturated carbocycles. The molecule has 130 heavy (non-hydrogen) atoms. The van der Waals surface area contributed by atoms with Gasteiger partial charge in [-0.05, 0) is 172 Å². The summed E-state index contributed by atoms with van der Waals surface area (Å²) in [5.74, 6) is -17.9. The molecule has 14 rings (SSSR count). The number of amides is 11. The normalized spacial score (nSPS) is 26.3. The smallest absolute Gasteiger partial charge is 0.508 e. The van der Waals surface area contributed by atoms with Crippen LogP contribution in [0.15, 0.2) is 103 Å². The second-order valence-corrected chi connectivity index (χ2v) is 33.2. The lowest BCUT2D eigenvalue weighted by molar-refractivity contribution is -0.334. The van der Waals surface area contributed by atoms with Crippen molar-refractivity contribution in [2.45, 2.75) is 182 Å². The molecular formula is C84H95Cl2F3N14O27. The van der Waals surface area contributed by atoms with Gasteiger partial charge in [-0.15, -0.1) is 13.2 Å². The van der Waals surface area contributed by atoms with Crippen molar-refractivity contribution in [1.29, 1.82) is 5.26 Å². The van der Waals surface area contributed by atoms with Crippen LogP contribution in [-0.4, -0.2) is 235 Å². The second-order valence-electron chi connectivity index (χ2n) is 32.4. The average Bonchev–Trinajstić information content (AvgIpc) is 0.761. The summed E-state index contributed by atoms with van der Waals surface area (Å²) in [6.07, 6.45) is -21.4. The topological polar surface area (TPSA) is 612 Å². The minimum Gasteiger partial charge on any atom is -0.508 e. The van der Waals surface area contributed by atoms with Gasteiger partial charge in [0.15, 0.2) is 36.7 Å². The van der Waals surface area contributed by atoms with E-state index in [4.69, 9.17) is 67.5 Å². The van der Waals surface area contributed by atoms with Crippen LogP contribution in [0.4, 0.5) is 23.7 Å². The number of hydroxylamine groups is 1. The van der Waals surface area contributed by atoms with E-state index in [0.29, 0.717) is 32.4 Å². The number of carbonyl (C=O) groups excluding carboxylic acids is 10. The summed E-state index contributed by atoms with van der Waals surface area (Å²) in [5, 5.41) is 140. The number of alkyl halides is 3. The molecule has 3 fully saturated rings. The lowest BCUT2D eigenvalue weighted by Gasteiger charge is -2.48. The van der Waals surface area contributed by atoms with Gasteiger partial charge in [-0.25, -0.2) is 10.3 Å². The van der Waals surface area contributed by atoms with Gasteiger partial charge in [0.25, 0.3) is 11.8 Å². The van der Waals surface area contributed by atoms with Crippen LogP contribution in [0, 0.1) is 23.3 Å². The van der Waals surface area contributed by atoms with Gasteiger partial charge in [0, 0.05) is 47.9 Å². The van der Waals surface area contributed by atoms with Crippen molar-refractivity contribution in [3.63, 3.8) is 0 Å². The minimum atomic E-state index is -4.92. The van der Waals surface area contributed by atoms with Crippen LogP contribution >= 0.6 is 23.2 Å². The number of primary amides is 1. The van der Waals surface area contributed by atoms with Crippen molar-refractivity contribution in [1.82, 2.24) is 58.2 Å². The first-order valence-corrected chi connectivity index (χ1v) is 41.6. The summed E-state index contributed by atoms with van der Waals surface area (Å²) < 4.78 is 81.8. The van der Waals surface area contributed by atoms with Crippen LogP contribution in [0.5, 0.6) is 51.7 Å². The highest BCUT2D eigenvalue weighted by molar-refractivity contribution is 6.32. The lowest BCUT2D eigenvalue weighted by Crippen LogP contribution is -2.65. The Kier molecular flexibility index (Phi) is 30.8. The van der Waals surface area contributed by atoms with Gasteiger partial charge in [0.1, 0.15) is 101 Å². The zero-order valence-corrected chi connectivity index (χ0v) is 71.3. The predicted octanol–water partition coefficient (Wildman–Crippen LogP) is 2.53. The molecule has 46 heteroatoms. The summed E-state index contributed by atoms with van der Waals surface area (Å²) in [6, 6.07) is 2.72. The fourth-order valence-corrected chi connectivity index (χ4v) is 16.4. The van der Waals surface area contributed by atoms with Crippen LogP contribution in [-0.2, 0) is 62.2 Å². The number of rotatable bonds is 22. The standard InChI is InChI=1S/C84H95Cl2F3N14O27/c1-35(2)22-49(92-5)74(115)100-65-67(110)39-7-14-53(47(85)24-39)125-55-26-41-27-56(71(55)129-81-72(70(113)69(112)57(32-104)127-81)128-60-31-83(4,73(114)36(3)124-60)94-19-16-37-17-20-103(21-18-37)82(122)95-42-9-11-44(12-10-42)130-84(87,88)89)126-54-15-8-40(25-48(54)86)68(111)66-79(120)99-64(80(121)102-123-33-59(109)93-34-90)46-28-43(105)29-52(107)61(46)45-23-38(6-13-51(45)106)62(76(117)101-66)98-77(118)63(41)97-75(116)50(30-58(91)108)96-78(65)119/h6-15,23-29,35-37,49-50,57,60,62-70,72-73,81,92,94,104-107,110-114H,16-22,30-33H2,1-5H3,(H2,91,108)(H,93,109)(H,95,122)(H,96,119)(H,97,116)(H,98,118)(H,99,120)(H,100,115)(H,101,117)(H,102,121)/t36?,49?,50?,57?,60?,62?,63?,64-,65?,66?,67?,68?,69?,70?,72?,73?,81?,83-/m1/s1. The first-order valence-electron chi connectivity index (χ1n) is 40.8. The zero-order valence-electron chi connectivity index (χ0n) is 69.8. The number of urea groups is 1. The number of aliphatic hydroxyl groups excluding tert-OH is 6. The molecule has 8 heterocycles. The highest BCUT2D eigenvalue weighted by Gasteiger charge is 2.53. The number of phenolic OH excluding ortho intramolecular Hbond substituents is 3. The van der Waals surface area contributed by atoms with Crippen LogP contribution in [0.25, 0.3) is 11.1 Å². The molecule has 22 N–H and O–H groups in total. The number of nitrogens with zero attached hydrogens (tertiary/aromatic N) is 2. The SMILES string of the molecule is CNC(CC(C)C)C(=O)NC1C(=O)NC(CC(N)=O)C(=O)NC2C(=O)NC3C(=O)NC(C(=O)N[C@@H](C(=O)NOCC(=O)NC#N)c4cc(O)cc(O)c4-c4cc3ccc4O)C(O)c3ccc(c(Cl)c3)Oc3cc2cc(c3OC2OC(CO)C(O)C(O)C2OC2C[C@@](C)(NCCC3CCN(C(=O)Nc4ccc(OC(F)(F)F)cc4)CC3)C(O)C(C)O2)Oc2ccc(cc2Cl)C1O. The van der Waals surface area contributed by atoms with Gasteiger partial charge >= 0.3 is 12.4 Å². The summed E-state index contributed by atoms with van der Waals surface area (Å²) in [5.41, 5.74) is 3.47. The Hall–Kier alpha value is -12.2. The Balaban J connectivity index is 0.973. The first-order chi connectivity index (χ1) is 61.6. The van der Waals surface area contributed by atoms with Crippen molar-refractivity contribution in [2.75, 3.05) is 45.2 Å². The summed E-state index contributed by atoms with van der Waals surface area (Å²) in [7, 11) is 1.45. The van der Waals surface area contributed by atoms with Crippen LogP contribution < -0.4 is 83.3 Å². The Labute approximate surface area is 747 Å². The number of halogens is 5. The Bertz CT molecular complexity index is 5310. The Morgan fingerprint density at radius 2 is 1.37 bits per heavy atom. The molecular weight excluding hydrogens is 1760 g/mol. The van der Waals surface area contributed by atoms with E-state index in [1.807, 2.05) is 5.48 Å². The van der Waals surface area contributed by atoms with E-state index in [0.717, 1.165) is 84.9 Å². The number of benzene rings is 6. The highest BCUT2D eigenvalue weighted by Crippen LogP contribution is 2.50. The van der Waals surface area contributed by atoms with E-state index in [1.54, 1.807) is 31.0 Å². The fourth-order valence-electron chi connectivity index (χ4n) is 15.9. The maximum Gasteiger partial charge on any atom is 0.573 e. The number of fused-ring (bicyclic) bond motifs is 15. The molecule has 16 unspecified atom stereocenters. The van der Waals surface area contributed by atoms with Gasteiger partial charge in [-0.3, -0.25) is 53.3 Å². The number of nitrogens with two attached hydrogens (primary N) is 1. The van der Waals surface area contributed by atoms with E-state index in [9.17, 15) is 83.1 Å². The molecule has 18 atom stereocenters. The van der Waals surface area contributed by atoms with E-state index >= 15 is 24.0 Å². The number of ether oxygens (including phenoxy) is 7. The lowest BCUT2D eigenvalue weighted by atomic mass is 9.84. The van der Waals surface area contributed by atoms with Crippen molar-refractivity contribution < 1.29 is 145 Å². The Morgan fingerprint density at radius 1 is 0.738 bits per heavy atom. The molecule has 11 amide bonds. The van der Waals surface area contributed by atoms with Crippen molar-refractivity contribution in [3.05, 3.63) is 141 Å². The van der Waals surface area contributed by atoms with Gasteiger partial charge in [0.05, 0.1) is 41.3 Å². The molecule has 3 saturated heterocycles. The molecule has 0 aromatic heterocycles. The number of carbonyl (C=O) groups is 10. The highest BCUT2D eigenvalue weighted by atomic mass is 35.5. The number of piperidine rings is 1. The summed E-state index contributed by atoms with van der Waals surface area (Å²) in [6.45, 7) is 5.62. The van der Waals surface area contributed by atoms with Crippen LogP contribution in [0.2, 0.25) is 10.0 Å². The number of nitriles is 1. The molecule has 6 aromatic rings. The molecule has 0 aliphatic carbocycles. The number of hydrogen-bond acceptors (Lipinski definition) is 30. The number of likely N-dealkylation sites (tertiary alicyclic amines) is 1. The van der Waals surface area contributed by atoms with Gasteiger partial charge in [-0.2, -0.15) is 5.26 Å². The van der Waals surface area contributed by atoms with Crippen LogP contribution in [0.3, 0.4) is 0 Å². The first kappa shape index (κ1) is 96.9. The average molecular weight is 1860 g/mol. The molecule has 41 nitrogen and oxygen atoms in total. The number of aromatic hydroxyl groups is 3. The van der Waals surface area contributed by atoms with E-state index in [-0.39, 0.29) is 48.0 Å². The second kappa shape index (κ2) is 41.3. The quantitative estimate of drug-likeness (QED) is 0.0264. The zero-order chi connectivity index (χ0) is 94.2. The summed E-state index contributed by atoms with van der Waals surface area (Å²) >= 11 is 14.4. The molecule has 0 radical (unpaired) electrons. The number of anilines is 1. The van der Waals surface area contributed by atoms with Crippen molar-refractivity contribution in [3.8, 4) is 69.1 Å². The summed E-state index contributed by atoms with van der Waals surface area (Å²) in [4.78, 5) is 152. The number of nitrogens with one attached hydrogen (secondary N) is 11. The largest absolute Gasteiger partial charge is 0.573 e. The fraction of sp³-hybridized carbons (Fsp3) is 0.440. The minimum absolute atomic E-state index is 0.0359. The van der Waals surface area contributed by atoms with Crippen molar-refractivity contribution >= 4 is 88.1 Å². The molecule has 0 spiro atoms. The van der Waals surface area contributed by atoms with E-state index in [1.165, 1.54) is 38.4 Å². The molecule has 698 valence electrons. The van der Waals surface area contributed by atoms with Crippen molar-refractivity contribution in [2.24, 2.45) is 17.6 Å². The molecule has 6 aromatic carbocycles. The number of hydrogen-bond donors (Lipinski definition) is 21. The number of aliphatic hydroxyl groups is 6. The number of phenols is 3. The van der Waals surface area contributed by atoms with Gasteiger partial charge < -0.3 is 138 Å².